The maximum Gasteiger partial charge on any atom is 0.169 e. The minimum atomic E-state index is 0.394. The predicted molar refractivity (Wildman–Crippen MR) is 106 cm³/mol. The molecule has 0 saturated carbocycles. The van der Waals surface area contributed by atoms with Gasteiger partial charge >= 0.3 is 0 Å². The molecule has 0 aliphatic carbocycles. The van der Waals surface area contributed by atoms with Crippen LogP contribution in [0.1, 0.15) is 91.4 Å². The first kappa shape index (κ1) is 21.5. The molecule has 0 aliphatic heterocycles. The second kappa shape index (κ2) is 15.4. The van der Waals surface area contributed by atoms with Crippen molar-refractivity contribution in [2.45, 2.75) is 91.4 Å². The molecule has 0 aromatic rings. The summed E-state index contributed by atoms with van der Waals surface area (Å²) < 4.78 is 1.31. The summed E-state index contributed by atoms with van der Waals surface area (Å²) in [5.74, 6) is 1.49. The number of thioether (sulfide) groups is 1. The van der Waals surface area contributed by atoms with Crippen LogP contribution in [0.5, 0.6) is 0 Å². The molecule has 3 heteroatoms. The number of Topliss-reactive ketones (excluding diaryl/α,β-unsaturated/α-hetero) is 1. The summed E-state index contributed by atoms with van der Waals surface area (Å²) in [7, 11) is 0. The lowest BCUT2D eigenvalue weighted by Gasteiger charge is -2.10. The molecule has 0 aliphatic rings. The van der Waals surface area contributed by atoms with Crippen LogP contribution in [0.15, 0.2) is 8.48 Å². The molecule has 0 fully saturated rings. The molecule has 0 radical (unpaired) electrons. The van der Waals surface area contributed by atoms with E-state index < -0.39 is 0 Å². The van der Waals surface area contributed by atoms with Crippen LogP contribution in [-0.2, 0) is 4.79 Å². The zero-order valence-electron chi connectivity index (χ0n) is 14.2. The molecule has 0 atom stereocenters. The summed E-state index contributed by atoms with van der Waals surface area (Å²) in [6, 6.07) is 0. The zero-order valence-corrected chi connectivity index (χ0v) is 17.2. The Labute approximate surface area is 150 Å². The second-order valence-electron chi connectivity index (χ2n) is 5.63. The van der Waals surface area contributed by atoms with Crippen molar-refractivity contribution in [3.8, 4) is 0 Å². The smallest absolute Gasteiger partial charge is 0.169 e. The molecule has 0 aromatic heterocycles. The Morgan fingerprint density at radius 3 is 1.90 bits per heavy atom. The third-order valence-corrected chi connectivity index (χ3v) is 6.20. The molecule has 0 aromatic carbocycles. The van der Waals surface area contributed by atoms with Crippen LogP contribution in [0.25, 0.3) is 0 Å². The van der Waals surface area contributed by atoms with Crippen molar-refractivity contribution in [1.29, 1.82) is 0 Å². The lowest BCUT2D eigenvalue weighted by molar-refractivity contribution is -0.115. The maximum absolute atomic E-state index is 12.5. The van der Waals surface area contributed by atoms with Crippen molar-refractivity contribution in [1.82, 2.24) is 0 Å². The van der Waals surface area contributed by atoms with Gasteiger partial charge in [0.2, 0.25) is 0 Å². The highest BCUT2D eigenvalue weighted by Gasteiger charge is 2.14. The van der Waals surface area contributed by atoms with Gasteiger partial charge in [0.05, 0.1) is 4.91 Å². The monoisotopic (exact) mass is 424 g/mol. The normalized spacial score (nSPS) is 12.4. The van der Waals surface area contributed by atoms with E-state index in [4.69, 9.17) is 0 Å². The standard InChI is InChI=1S/C18H33IOS/c1-4-7-10-13-16(19)18(21-15-12-9-6-3)17(20)14-11-8-5-2/h4-15H2,1-3H3. The first-order chi connectivity index (χ1) is 10.2. The highest BCUT2D eigenvalue weighted by molar-refractivity contribution is 14.1. The van der Waals surface area contributed by atoms with E-state index in [0.29, 0.717) is 5.78 Å². The highest BCUT2D eigenvalue weighted by Crippen LogP contribution is 2.31. The fourth-order valence-electron chi connectivity index (χ4n) is 2.13. The number of carbonyl (C=O) groups is 1. The predicted octanol–water partition coefficient (Wildman–Crippen LogP) is 7.29. The number of ketones is 1. The minimum Gasteiger partial charge on any atom is -0.294 e. The van der Waals surface area contributed by atoms with E-state index in [-0.39, 0.29) is 0 Å². The van der Waals surface area contributed by atoms with E-state index in [1.165, 1.54) is 54.9 Å². The Hall–Kier alpha value is 0.490. The molecule has 21 heavy (non-hydrogen) atoms. The Morgan fingerprint density at radius 1 is 0.810 bits per heavy atom. The number of hydrogen-bond acceptors (Lipinski definition) is 2. The molecule has 0 saturated heterocycles. The van der Waals surface area contributed by atoms with Gasteiger partial charge in [0.15, 0.2) is 5.78 Å². The highest BCUT2D eigenvalue weighted by atomic mass is 127. The van der Waals surface area contributed by atoms with Crippen molar-refractivity contribution in [3.05, 3.63) is 8.48 Å². The fourth-order valence-corrected chi connectivity index (χ4v) is 4.35. The molecular formula is C18H33IOS. The van der Waals surface area contributed by atoms with Crippen LogP contribution >= 0.6 is 34.4 Å². The third-order valence-electron chi connectivity index (χ3n) is 3.50. The summed E-state index contributed by atoms with van der Waals surface area (Å²) in [5, 5.41) is 0. The molecule has 0 amide bonds. The lowest BCUT2D eigenvalue weighted by atomic mass is 10.1. The number of rotatable bonds is 14. The molecule has 124 valence electrons. The first-order valence-electron chi connectivity index (χ1n) is 8.71. The molecule has 0 spiro atoms. The average molecular weight is 424 g/mol. The number of allylic oxidation sites excluding steroid dienone is 2. The van der Waals surface area contributed by atoms with Gasteiger partial charge < -0.3 is 0 Å². The van der Waals surface area contributed by atoms with Crippen molar-refractivity contribution in [2.75, 3.05) is 5.75 Å². The summed E-state index contributed by atoms with van der Waals surface area (Å²) in [6.07, 6.45) is 12.7. The zero-order chi connectivity index (χ0) is 15.9. The van der Waals surface area contributed by atoms with Crippen LogP contribution < -0.4 is 0 Å². The average Bonchev–Trinajstić information content (AvgIpc) is 2.47. The van der Waals surface area contributed by atoms with E-state index in [1.54, 1.807) is 0 Å². The van der Waals surface area contributed by atoms with Crippen LogP contribution in [-0.4, -0.2) is 11.5 Å². The van der Waals surface area contributed by atoms with Crippen molar-refractivity contribution < 1.29 is 4.79 Å². The third kappa shape index (κ3) is 11.7. The van der Waals surface area contributed by atoms with E-state index >= 15 is 0 Å². The van der Waals surface area contributed by atoms with E-state index in [2.05, 4.69) is 43.4 Å². The van der Waals surface area contributed by atoms with E-state index in [0.717, 1.165) is 29.9 Å². The first-order valence-corrected chi connectivity index (χ1v) is 10.8. The molecule has 0 heterocycles. The molecule has 1 nitrogen and oxygen atoms in total. The Kier molecular flexibility index (Phi) is 15.7. The molecular weight excluding hydrogens is 391 g/mol. The van der Waals surface area contributed by atoms with Crippen molar-refractivity contribution in [2.24, 2.45) is 0 Å². The van der Waals surface area contributed by atoms with Crippen LogP contribution in [0.4, 0.5) is 0 Å². The van der Waals surface area contributed by atoms with Gasteiger partial charge in [0.1, 0.15) is 0 Å². The van der Waals surface area contributed by atoms with Gasteiger partial charge in [-0.25, -0.2) is 0 Å². The summed E-state index contributed by atoms with van der Waals surface area (Å²) in [5.41, 5.74) is 0. The SMILES string of the molecule is CCCCCSC(C(=O)CCCCC)=C(I)CCCCC. The summed E-state index contributed by atoms with van der Waals surface area (Å²) in [6.45, 7) is 6.65. The van der Waals surface area contributed by atoms with Crippen LogP contribution in [0, 0.1) is 0 Å². The van der Waals surface area contributed by atoms with Crippen LogP contribution in [0.3, 0.4) is 0 Å². The lowest BCUT2D eigenvalue weighted by Crippen LogP contribution is -2.03. The maximum atomic E-state index is 12.5. The Bertz CT molecular complexity index is 300. The van der Waals surface area contributed by atoms with Gasteiger partial charge in [-0.1, -0.05) is 59.3 Å². The van der Waals surface area contributed by atoms with Gasteiger partial charge in [-0.15, -0.1) is 11.8 Å². The number of unbranched alkanes of at least 4 members (excludes halogenated alkanes) is 6. The topological polar surface area (TPSA) is 17.1 Å². The van der Waals surface area contributed by atoms with Crippen LogP contribution in [0.2, 0.25) is 0 Å². The van der Waals surface area contributed by atoms with Gasteiger partial charge in [-0.3, -0.25) is 4.79 Å². The van der Waals surface area contributed by atoms with Gasteiger partial charge in [-0.2, -0.15) is 0 Å². The Balaban J connectivity index is 4.49. The minimum absolute atomic E-state index is 0.394. The summed E-state index contributed by atoms with van der Waals surface area (Å²) in [4.78, 5) is 13.6. The number of halogens is 1. The molecule has 0 unspecified atom stereocenters. The van der Waals surface area contributed by atoms with E-state index in [1.807, 2.05) is 11.8 Å². The van der Waals surface area contributed by atoms with E-state index in [9.17, 15) is 4.79 Å². The van der Waals surface area contributed by atoms with Gasteiger partial charge in [0.25, 0.3) is 0 Å². The quantitative estimate of drug-likeness (QED) is 0.165. The number of hydrogen-bond donors (Lipinski definition) is 0. The largest absolute Gasteiger partial charge is 0.294 e. The van der Waals surface area contributed by atoms with Gasteiger partial charge in [0, 0.05) is 10.0 Å². The molecule has 0 N–H and O–H groups in total. The molecule has 0 bridgehead atoms. The summed E-state index contributed by atoms with van der Waals surface area (Å²) >= 11 is 4.23. The molecule has 0 rings (SSSR count). The Morgan fingerprint density at radius 2 is 1.33 bits per heavy atom. The number of carbonyl (C=O) groups excluding carboxylic acids is 1. The van der Waals surface area contributed by atoms with Gasteiger partial charge in [-0.05, 0) is 54.0 Å². The van der Waals surface area contributed by atoms with Crippen molar-refractivity contribution in [3.63, 3.8) is 0 Å². The fraction of sp³-hybridized carbons (Fsp3) is 0.833. The van der Waals surface area contributed by atoms with Crippen molar-refractivity contribution >= 4 is 40.1 Å². The second-order valence-corrected chi connectivity index (χ2v) is 8.03.